The highest BCUT2D eigenvalue weighted by Gasteiger charge is 2.24. The lowest BCUT2D eigenvalue weighted by atomic mass is 10.2. The summed E-state index contributed by atoms with van der Waals surface area (Å²) >= 11 is 1.42. The molecule has 0 unspecified atom stereocenters. The monoisotopic (exact) mass is 420 g/mol. The number of nitrogens with zero attached hydrogens (tertiary/aromatic N) is 1. The van der Waals surface area contributed by atoms with Crippen LogP contribution in [-0.4, -0.2) is 51.2 Å². The summed E-state index contributed by atoms with van der Waals surface area (Å²) in [6.07, 6.45) is 0.795. The van der Waals surface area contributed by atoms with E-state index in [4.69, 9.17) is 4.74 Å². The lowest BCUT2D eigenvalue weighted by molar-refractivity contribution is -0.892. The molecule has 0 saturated carbocycles. The van der Waals surface area contributed by atoms with Crippen LogP contribution in [0.1, 0.15) is 29.1 Å². The summed E-state index contributed by atoms with van der Waals surface area (Å²) in [5.74, 6) is -0.749. The number of halogens is 1. The molecule has 29 heavy (non-hydrogen) atoms. The summed E-state index contributed by atoms with van der Waals surface area (Å²) in [5, 5.41) is 3.47. The van der Waals surface area contributed by atoms with Gasteiger partial charge in [-0.2, -0.15) is 0 Å². The van der Waals surface area contributed by atoms with Crippen LogP contribution in [0.3, 0.4) is 0 Å². The molecule has 3 rings (SSSR count). The van der Waals surface area contributed by atoms with Gasteiger partial charge in [0.25, 0.3) is 5.91 Å². The normalized spacial score (nSPS) is 14.7. The fraction of sp³-hybridized carbons (Fsp3) is 0.429. The Bertz CT molecular complexity index is 845. The number of thiophene rings is 1. The summed E-state index contributed by atoms with van der Waals surface area (Å²) in [6, 6.07) is 8.30. The van der Waals surface area contributed by atoms with Crippen molar-refractivity contribution in [2.75, 3.05) is 49.5 Å². The molecule has 6 nitrogen and oxygen atoms in total. The maximum Gasteiger partial charge on any atom is 0.341 e. The fourth-order valence-electron chi connectivity index (χ4n) is 3.38. The molecule has 0 bridgehead atoms. The predicted octanol–water partition coefficient (Wildman–Crippen LogP) is 1.97. The minimum atomic E-state index is -0.404. The Hall–Kier alpha value is -2.45. The lowest BCUT2D eigenvalue weighted by Gasteiger charge is -2.33. The molecule has 1 aliphatic rings. The Morgan fingerprint density at radius 3 is 2.52 bits per heavy atom. The predicted molar refractivity (Wildman–Crippen MR) is 112 cm³/mol. The van der Waals surface area contributed by atoms with Crippen molar-refractivity contribution in [1.82, 2.24) is 0 Å². The van der Waals surface area contributed by atoms with Crippen molar-refractivity contribution in [3.8, 4) is 0 Å². The number of ether oxygens (including phenoxy) is 1. The van der Waals surface area contributed by atoms with Gasteiger partial charge in [-0.05, 0) is 43.7 Å². The number of carbonyl (C=O) groups is 2. The zero-order valence-electron chi connectivity index (χ0n) is 16.8. The van der Waals surface area contributed by atoms with E-state index in [1.165, 1.54) is 28.4 Å². The molecule has 156 valence electrons. The number of anilines is 2. The van der Waals surface area contributed by atoms with Crippen LogP contribution in [0.2, 0.25) is 0 Å². The average Bonchev–Trinajstić information content (AvgIpc) is 3.12. The van der Waals surface area contributed by atoms with Gasteiger partial charge in [0, 0.05) is 10.6 Å². The first-order chi connectivity index (χ1) is 14.0. The number of benzene rings is 1. The van der Waals surface area contributed by atoms with Gasteiger partial charge < -0.3 is 19.9 Å². The van der Waals surface area contributed by atoms with Gasteiger partial charge >= 0.3 is 5.97 Å². The number of aryl methyl sites for hydroxylation is 1. The maximum absolute atomic E-state index is 13.1. The molecule has 0 atom stereocenters. The molecule has 1 saturated heterocycles. The van der Waals surface area contributed by atoms with Crippen molar-refractivity contribution in [3.05, 3.63) is 46.6 Å². The Balaban J connectivity index is 1.54. The zero-order chi connectivity index (χ0) is 20.8. The number of quaternary nitrogens is 1. The molecule has 1 amide bonds. The van der Waals surface area contributed by atoms with Crippen molar-refractivity contribution < 1.29 is 23.6 Å². The van der Waals surface area contributed by atoms with E-state index in [0.717, 1.165) is 43.2 Å². The molecule has 1 aliphatic heterocycles. The van der Waals surface area contributed by atoms with Gasteiger partial charge in [-0.1, -0.05) is 6.92 Å². The second-order valence-electron chi connectivity index (χ2n) is 6.97. The molecule has 2 aromatic rings. The van der Waals surface area contributed by atoms with Crippen molar-refractivity contribution in [3.63, 3.8) is 0 Å². The van der Waals surface area contributed by atoms with Crippen LogP contribution in [0, 0.1) is 5.82 Å². The molecule has 8 heteroatoms. The smallest absolute Gasteiger partial charge is 0.341 e. The minimum Gasteiger partial charge on any atom is -0.462 e. The topological polar surface area (TPSA) is 63.1 Å². The minimum absolute atomic E-state index is 0.106. The number of hydrogen-bond donors (Lipinski definition) is 2. The third-order valence-electron chi connectivity index (χ3n) is 4.95. The summed E-state index contributed by atoms with van der Waals surface area (Å²) < 4.78 is 18.2. The lowest BCUT2D eigenvalue weighted by Crippen LogP contribution is -3.15. The molecule has 1 fully saturated rings. The van der Waals surface area contributed by atoms with Crippen LogP contribution >= 0.6 is 11.3 Å². The highest BCUT2D eigenvalue weighted by molar-refractivity contribution is 7.16. The molecule has 2 N–H and O–H groups in total. The number of nitrogens with one attached hydrogen (secondary N) is 2. The SMILES string of the molecule is CCOC(=O)c1cc(CC)sc1NC(=O)C[NH+]1CCN(c2ccc(F)cc2)CC1. The van der Waals surface area contributed by atoms with Crippen LogP contribution in [0.25, 0.3) is 0 Å². The molecular weight excluding hydrogens is 393 g/mol. The number of esters is 1. The van der Waals surface area contributed by atoms with Crippen LogP contribution in [-0.2, 0) is 16.0 Å². The van der Waals surface area contributed by atoms with Gasteiger partial charge in [0.1, 0.15) is 10.8 Å². The van der Waals surface area contributed by atoms with Gasteiger partial charge in [-0.25, -0.2) is 9.18 Å². The molecule has 1 aromatic carbocycles. The highest BCUT2D eigenvalue weighted by Crippen LogP contribution is 2.29. The number of carbonyl (C=O) groups excluding carboxylic acids is 2. The molecule has 1 aromatic heterocycles. The van der Waals surface area contributed by atoms with E-state index in [1.807, 2.05) is 6.92 Å². The van der Waals surface area contributed by atoms with Gasteiger partial charge in [0.2, 0.25) is 0 Å². The Kier molecular flexibility index (Phi) is 7.22. The largest absolute Gasteiger partial charge is 0.462 e. The Labute approximate surface area is 174 Å². The van der Waals surface area contributed by atoms with Crippen LogP contribution in [0.5, 0.6) is 0 Å². The second-order valence-corrected chi connectivity index (χ2v) is 8.10. The fourth-order valence-corrected chi connectivity index (χ4v) is 4.38. The van der Waals surface area contributed by atoms with E-state index in [-0.39, 0.29) is 11.7 Å². The quantitative estimate of drug-likeness (QED) is 0.673. The van der Waals surface area contributed by atoms with Gasteiger partial charge in [0.15, 0.2) is 6.54 Å². The average molecular weight is 421 g/mol. The summed E-state index contributed by atoms with van der Waals surface area (Å²) in [4.78, 5) is 29.1. The van der Waals surface area contributed by atoms with Gasteiger partial charge in [0.05, 0.1) is 38.3 Å². The van der Waals surface area contributed by atoms with Crippen LogP contribution in [0.15, 0.2) is 30.3 Å². The highest BCUT2D eigenvalue weighted by atomic mass is 32.1. The Morgan fingerprint density at radius 1 is 1.21 bits per heavy atom. The number of amides is 1. The zero-order valence-corrected chi connectivity index (χ0v) is 17.6. The third kappa shape index (κ3) is 5.55. The summed E-state index contributed by atoms with van der Waals surface area (Å²) in [6.45, 7) is 7.67. The van der Waals surface area contributed by atoms with Crippen molar-refractivity contribution in [1.29, 1.82) is 0 Å². The van der Waals surface area contributed by atoms with E-state index in [2.05, 4.69) is 10.2 Å². The first-order valence-corrected chi connectivity index (χ1v) is 10.8. The summed E-state index contributed by atoms with van der Waals surface area (Å²) in [7, 11) is 0. The molecular formula is C21H27FN3O3S+. The van der Waals surface area contributed by atoms with Gasteiger partial charge in [-0.3, -0.25) is 4.79 Å². The first-order valence-electron chi connectivity index (χ1n) is 9.94. The van der Waals surface area contributed by atoms with Crippen molar-refractivity contribution in [2.45, 2.75) is 20.3 Å². The summed E-state index contributed by atoms with van der Waals surface area (Å²) in [5.41, 5.74) is 1.43. The van der Waals surface area contributed by atoms with Gasteiger partial charge in [-0.15, -0.1) is 11.3 Å². The van der Waals surface area contributed by atoms with E-state index in [9.17, 15) is 14.0 Å². The van der Waals surface area contributed by atoms with Crippen LogP contribution in [0.4, 0.5) is 15.1 Å². The third-order valence-corrected chi connectivity index (χ3v) is 6.15. The Morgan fingerprint density at radius 2 is 1.90 bits per heavy atom. The van der Waals surface area contributed by atoms with E-state index < -0.39 is 5.97 Å². The van der Waals surface area contributed by atoms with E-state index in [1.54, 1.807) is 25.1 Å². The number of piperazine rings is 1. The standard InChI is InChI=1S/C21H26FN3O3S/c1-3-17-13-18(21(27)28-4-2)20(29-17)23-19(26)14-24-9-11-25(12-10-24)16-7-5-15(22)6-8-16/h5-8,13H,3-4,9-12,14H2,1-2H3,(H,23,26)/p+1. The number of rotatable bonds is 7. The van der Waals surface area contributed by atoms with E-state index in [0.29, 0.717) is 23.7 Å². The van der Waals surface area contributed by atoms with Crippen molar-refractivity contribution >= 4 is 33.9 Å². The van der Waals surface area contributed by atoms with Crippen molar-refractivity contribution in [2.24, 2.45) is 0 Å². The van der Waals surface area contributed by atoms with E-state index >= 15 is 0 Å². The first kappa shape index (κ1) is 21.3. The van der Waals surface area contributed by atoms with Crippen LogP contribution < -0.4 is 15.1 Å². The number of hydrogen-bond acceptors (Lipinski definition) is 5. The molecule has 0 radical (unpaired) electrons. The molecule has 2 heterocycles. The molecule has 0 aliphatic carbocycles. The molecule has 0 spiro atoms. The second kappa shape index (κ2) is 9.84. The maximum atomic E-state index is 13.1.